The second-order valence-electron chi connectivity index (χ2n) is 5.06. The van der Waals surface area contributed by atoms with Gasteiger partial charge in [0.15, 0.2) is 0 Å². The highest BCUT2D eigenvalue weighted by molar-refractivity contribution is 4.86. The van der Waals surface area contributed by atoms with Crippen LogP contribution in [0.2, 0.25) is 0 Å². The smallest absolute Gasteiger partial charge is 0.0695 e. The molecule has 1 aliphatic carbocycles. The molecule has 1 aliphatic heterocycles. The molecule has 1 saturated heterocycles. The summed E-state index contributed by atoms with van der Waals surface area (Å²) >= 11 is 0. The lowest BCUT2D eigenvalue weighted by Crippen LogP contribution is -2.51. The third-order valence-corrected chi connectivity index (χ3v) is 3.64. The van der Waals surface area contributed by atoms with Crippen LogP contribution in [0.15, 0.2) is 0 Å². The number of ether oxygens (including phenoxy) is 1. The molecule has 2 aliphatic rings. The van der Waals surface area contributed by atoms with Crippen LogP contribution in [0.1, 0.15) is 33.1 Å². The Hall–Kier alpha value is -0.120. The van der Waals surface area contributed by atoms with E-state index in [1.807, 2.05) is 0 Å². The molecule has 1 saturated carbocycles. The van der Waals surface area contributed by atoms with Crippen molar-refractivity contribution in [3.63, 3.8) is 0 Å². The van der Waals surface area contributed by atoms with Crippen LogP contribution in [0.25, 0.3) is 0 Å². The zero-order chi connectivity index (χ0) is 10.8. The van der Waals surface area contributed by atoms with Gasteiger partial charge in [-0.1, -0.05) is 6.92 Å². The molecule has 3 unspecified atom stereocenters. The van der Waals surface area contributed by atoms with Crippen molar-refractivity contribution in [3.05, 3.63) is 0 Å². The van der Waals surface area contributed by atoms with Crippen LogP contribution >= 0.6 is 0 Å². The summed E-state index contributed by atoms with van der Waals surface area (Å²) in [7, 11) is 0. The monoisotopic (exact) mass is 213 g/mol. The van der Waals surface area contributed by atoms with E-state index in [1.54, 1.807) is 0 Å². The maximum atomic E-state index is 9.96. The maximum absolute atomic E-state index is 9.96. The third kappa shape index (κ3) is 2.92. The average Bonchev–Trinajstić information content (AvgIpc) is 3.01. The Morgan fingerprint density at radius 3 is 2.80 bits per heavy atom. The first-order valence-corrected chi connectivity index (χ1v) is 6.24. The maximum Gasteiger partial charge on any atom is 0.0695 e. The van der Waals surface area contributed by atoms with E-state index >= 15 is 0 Å². The minimum Gasteiger partial charge on any atom is -0.392 e. The predicted molar refractivity (Wildman–Crippen MR) is 59.8 cm³/mol. The molecule has 3 nitrogen and oxygen atoms in total. The summed E-state index contributed by atoms with van der Waals surface area (Å²) in [4.78, 5) is 2.41. The van der Waals surface area contributed by atoms with E-state index in [4.69, 9.17) is 4.74 Å². The van der Waals surface area contributed by atoms with Crippen LogP contribution in [-0.4, -0.2) is 48.0 Å². The Morgan fingerprint density at radius 1 is 1.47 bits per heavy atom. The molecule has 2 fully saturated rings. The Bertz CT molecular complexity index is 206. The zero-order valence-electron chi connectivity index (χ0n) is 9.85. The number of hydrogen-bond acceptors (Lipinski definition) is 3. The molecule has 3 atom stereocenters. The molecule has 0 bridgehead atoms. The van der Waals surface area contributed by atoms with Crippen LogP contribution in [0, 0.1) is 5.92 Å². The Balaban J connectivity index is 1.85. The van der Waals surface area contributed by atoms with Crippen molar-refractivity contribution in [1.82, 2.24) is 4.90 Å². The lowest BCUT2D eigenvalue weighted by Gasteiger charge is -2.39. The van der Waals surface area contributed by atoms with E-state index in [1.165, 1.54) is 12.8 Å². The van der Waals surface area contributed by atoms with Crippen LogP contribution in [0.5, 0.6) is 0 Å². The number of hydrogen-bond donors (Lipinski definition) is 1. The zero-order valence-corrected chi connectivity index (χ0v) is 9.85. The number of aliphatic hydroxyl groups excluding tert-OH is 1. The standard InChI is InChI=1S/C12H23NO2/c1-3-11-8-15-9(2)6-13(11)7-12(14)10-4-5-10/h9-12,14H,3-8H2,1-2H3. The van der Waals surface area contributed by atoms with Gasteiger partial charge in [0.1, 0.15) is 0 Å². The molecule has 1 heterocycles. The summed E-state index contributed by atoms with van der Waals surface area (Å²) < 4.78 is 5.65. The van der Waals surface area contributed by atoms with E-state index in [0.717, 1.165) is 26.1 Å². The highest BCUT2D eigenvalue weighted by atomic mass is 16.5. The van der Waals surface area contributed by atoms with Crippen LogP contribution in [0.4, 0.5) is 0 Å². The summed E-state index contributed by atoms with van der Waals surface area (Å²) in [5.74, 6) is 0.584. The number of β-amino-alcohol motifs (C(OH)–C–C–N with tert-alkyl or cyclic N) is 1. The van der Waals surface area contributed by atoms with Crippen molar-refractivity contribution in [2.45, 2.75) is 51.4 Å². The van der Waals surface area contributed by atoms with Gasteiger partial charge in [0, 0.05) is 19.1 Å². The van der Waals surface area contributed by atoms with Gasteiger partial charge < -0.3 is 9.84 Å². The van der Waals surface area contributed by atoms with E-state index in [2.05, 4.69) is 18.7 Å². The fourth-order valence-electron chi connectivity index (χ4n) is 2.38. The van der Waals surface area contributed by atoms with Gasteiger partial charge >= 0.3 is 0 Å². The van der Waals surface area contributed by atoms with E-state index in [9.17, 15) is 5.11 Å². The lowest BCUT2D eigenvalue weighted by molar-refractivity contribution is -0.0695. The fourth-order valence-corrected chi connectivity index (χ4v) is 2.38. The molecular weight excluding hydrogens is 190 g/mol. The molecule has 15 heavy (non-hydrogen) atoms. The molecule has 2 rings (SSSR count). The van der Waals surface area contributed by atoms with Crippen molar-refractivity contribution in [2.75, 3.05) is 19.7 Å². The molecule has 0 aromatic heterocycles. The first-order chi connectivity index (χ1) is 7.20. The van der Waals surface area contributed by atoms with Gasteiger partial charge in [0.25, 0.3) is 0 Å². The van der Waals surface area contributed by atoms with Gasteiger partial charge in [-0.05, 0) is 32.1 Å². The topological polar surface area (TPSA) is 32.7 Å². The summed E-state index contributed by atoms with van der Waals surface area (Å²) in [5, 5.41) is 9.96. The summed E-state index contributed by atoms with van der Waals surface area (Å²) in [5.41, 5.74) is 0. The molecule has 3 heteroatoms. The van der Waals surface area contributed by atoms with E-state index in [0.29, 0.717) is 18.1 Å². The van der Waals surface area contributed by atoms with Gasteiger partial charge in [-0.25, -0.2) is 0 Å². The predicted octanol–water partition coefficient (Wildman–Crippen LogP) is 1.26. The van der Waals surface area contributed by atoms with Crippen molar-refractivity contribution < 1.29 is 9.84 Å². The molecular formula is C12H23NO2. The van der Waals surface area contributed by atoms with Crippen molar-refractivity contribution >= 4 is 0 Å². The lowest BCUT2D eigenvalue weighted by atomic mass is 10.1. The second kappa shape index (κ2) is 4.81. The molecule has 0 spiro atoms. The second-order valence-corrected chi connectivity index (χ2v) is 5.06. The quantitative estimate of drug-likeness (QED) is 0.763. The molecule has 0 aromatic rings. The normalized spacial score (nSPS) is 35.4. The summed E-state index contributed by atoms with van der Waals surface area (Å²) in [6.45, 7) is 6.96. The highest BCUT2D eigenvalue weighted by Gasteiger charge is 2.34. The van der Waals surface area contributed by atoms with Crippen molar-refractivity contribution in [2.24, 2.45) is 5.92 Å². The van der Waals surface area contributed by atoms with Gasteiger partial charge in [-0.3, -0.25) is 4.90 Å². The first kappa shape index (κ1) is 11.4. The van der Waals surface area contributed by atoms with Gasteiger partial charge in [0.05, 0.1) is 18.8 Å². The molecule has 0 aromatic carbocycles. The number of aliphatic hydroxyl groups is 1. The summed E-state index contributed by atoms with van der Waals surface area (Å²) in [6.07, 6.45) is 3.77. The van der Waals surface area contributed by atoms with Crippen molar-refractivity contribution in [3.8, 4) is 0 Å². The summed E-state index contributed by atoms with van der Waals surface area (Å²) in [6, 6.07) is 0.509. The molecule has 1 N–H and O–H groups in total. The van der Waals surface area contributed by atoms with Gasteiger partial charge in [-0.15, -0.1) is 0 Å². The average molecular weight is 213 g/mol. The first-order valence-electron chi connectivity index (χ1n) is 6.24. The van der Waals surface area contributed by atoms with Crippen LogP contribution < -0.4 is 0 Å². The van der Waals surface area contributed by atoms with Gasteiger partial charge in [0.2, 0.25) is 0 Å². The van der Waals surface area contributed by atoms with Gasteiger partial charge in [-0.2, -0.15) is 0 Å². The Kier molecular flexibility index (Phi) is 3.65. The van der Waals surface area contributed by atoms with E-state index < -0.39 is 0 Å². The molecule has 88 valence electrons. The largest absolute Gasteiger partial charge is 0.392 e. The van der Waals surface area contributed by atoms with Crippen LogP contribution in [0.3, 0.4) is 0 Å². The molecule has 0 amide bonds. The number of rotatable bonds is 4. The van der Waals surface area contributed by atoms with Crippen molar-refractivity contribution in [1.29, 1.82) is 0 Å². The molecule has 0 radical (unpaired) electrons. The minimum atomic E-state index is -0.107. The third-order valence-electron chi connectivity index (χ3n) is 3.64. The van der Waals surface area contributed by atoms with E-state index in [-0.39, 0.29) is 6.10 Å². The van der Waals surface area contributed by atoms with Crippen LogP contribution in [-0.2, 0) is 4.74 Å². The SMILES string of the molecule is CCC1COC(C)CN1CC(O)C1CC1. The number of morpholine rings is 1. The minimum absolute atomic E-state index is 0.107. The number of nitrogens with zero attached hydrogens (tertiary/aromatic N) is 1. The Morgan fingerprint density at radius 2 is 2.20 bits per heavy atom. The fraction of sp³-hybridized carbons (Fsp3) is 1.00. The Labute approximate surface area is 92.4 Å². The highest BCUT2D eigenvalue weighted by Crippen LogP contribution is 2.33.